The molecule has 0 unspecified atom stereocenters. The van der Waals surface area contributed by atoms with Crippen LogP contribution in [0.4, 0.5) is 0 Å². The highest BCUT2D eigenvalue weighted by Crippen LogP contribution is 2.16. The number of hydrogen-bond acceptors (Lipinski definition) is 4. The van der Waals surface area contributed by atoms with Gasteiger partial charge in [-0.15, -0.1) is 0 Å². The Bertz CT molecular complexity index is 643. The van der Waals surface area contributed by atoms with E-state index in [-0.39, 0.29) is 0 Å². The summed E-state index contributed by atoms with van der Waals surface area (Å²) >= 11 is 0. The van der Waals surface area contributed by atoms with Crippen LogP contribution < -0.4 is 20.7 Å². The Morgan fingerprint density at radius 1 is 1.11 bits per heavy atom. The quantitative estimate of drug-likeness (QED) is 0.857. The van der Waals surface area contributed by atoms with Crippen LogP contribution in [0.5, 0.6) is 11.5 Å². The number of nitrogens with one attached hydrogen (secondary N) is 1. The van der Waals surface area contributed by atoms with Crippen molar-refractivity contribution in [1.82, 2.24) is 9.55 Å². The van der Waals surface area contributed by atoms with Gasteiger partial charge in [-0.25, -0.2) is 4.79 Å². The van der Waals surface area contributed by atoms with Gasteiger partial charge in [0.25, 0.3) is 5.56 Å². The molecule has 100 valence electrons. The molecule has 1 aromatic carbocycles. The van der Waals surface area contributed by atoms with Crippen LogP contribution in [0.3, 0.4) is 0 Å². The maximum atomic E-state index is 11.4. The molecule has 0 bridgehead atoms. The fraction of sp³-hybridized carbons (Fsp3) is 0.231. The minimum atomic E-state index is -0.439. The van der Waals surface area contributed by atoms with Crippen LogP contribution in [0.15, 0.2) is 46.1 Å². The lowest BCUT2D eigenvalue weighted by molar-refractivity contribution is 0.294. The van der Waals surface area contributed by atoms with Crippen LogP contribution >= 0.6 is 0 Å². The summed E-state index contributed by atoms with van der Waals surface area (Å²) in [4.78, 5) is 24.5. The molecule has 0 fully saturated rings. The summed E-state index contributed by atoms with van der Waals surface area (Å²) in [6.45, 7) is 0.694. The number of rotatable bonds is 5. The second-order valence-electron chi connectivity index (χ2n) is 3.83. The summed E-state index contributed by atoms with van der Waals surface area (Å²) in [5.74, 6) is 1.45. The van der Waals surface area contributed by atoms with Crippen molar-refractivity contribution in [3.8, 4) is 11.5 Å². The van der Waals surface area contributed by atoms with Crippen LogP contribution in [0.1, 0.15) is 0 Å². The third-order valence-electron chi connectivity index (χ3n) is 2.56. The predicted octanol–water partition coefficient (Wildman–Crippen LogP) is 0.624. The van der Waals surface area contributed by atoms with E-state index in [0.29, 0.717) is 18.9 Å². The third-order valence-corrected chi connectivity index (χ3v) is 2.56. The molecule has 0 atom stereocenters. The standard InChI is InChI=1S/C13H14N2O4/c1-18-10-2-4-11(5-3-10)19-9-8-15-7-6-12(16)14-13(15)17/h2-7H,8-9H2,1H3,(H,14,16,17). The highest BCUT2D eigenvalue weighted by atomic mass is 16.5. The first kappa shape index (κ1) is 12.9. The van der Waals surface area contributed by atoms with Gasteiger partial charge in [-0.05, 0) is 24.3 Å². The van der Waals surface area contributed by atoms with Crippen molar-refractivity contribution in [1.29, 1.82) is 0 Å². The van der Waals surface area contributed by atoms with Crippen LogP contribution in [0.25, 0.3) is 0 Å². The number of H-pyrrole nitrogens is 1. The summed E-state index contributed by atoms with van der Waals surface area (Å²) in [5.41, 5.74) is -0.844. The Kier molecular flexibility index (Phi) is 4.02. The van der Waals surface area contributed by atoms with E-state index < -0.39 is 11.2 Å². The first-order chi connectivity index (χ1) is 9.19. The summed E-state index contributed by atoms with van der Waals surface area (Å²) in [6, 6.07) is 8.46. The molecule has 0 aliphatic heterocycles. The average molecular weight is 262 g/mol. The molecule has 2 rings (SSSR count). The van der Waals surface area contributed by atoms with Gasteiger partial charge in [0.15, 0.2) is 0 Å². The molecule has 19 heavy (non-hydrogen) atoms. The lowest BCUT2D eigenvalue weighted by Crippen LogP contribution is -2.30. The van der Waals surface area contributed by atoms with Crippen molar-refractivity contribution < 1.29 is 9.47 Å². The van der Waals surface area contributed by atoms with E-state index in [1.807, 2.05) is 0 Å². The van der Waals surface area contributed by atoms with Crippen LogP contribution in [0.2, 0.25) is 0 Å². The largest absolute Gasteiger partial charge is 0.497 e. The van der Waals surface area contributed by atoms with Crippen molar-refractivity contribution in [3.63, 3.8) is 0 Å². The van der Waals surface area contributed by atoms with Crippen molar-refractivity contribution in [2.24, 2.45) is 0 Å². The molecule has 0 saturated heterocycles. The predicted molar refractivity (Wildman–Crippen MR) is 69.8 cm³/mol. The molecular formula is C13H14N2O4. The summed E-state index contributed by atoms with van der Waals surface area (Å²) in [6.07, 6.45) is 1.44. The summed E-state index contributed by atoms with van der Waals surface area (Å²) < 4.78 is 11.9. The second kappa shape index (κ2) is 5.90. The number of aromatic amines is 1. The van der Waals surface area contributed by atoms with Crippen LogP contribution in [0, 0.1) is 0 Å². The first-order valence-corrected chi connectivity index (χ1v) is 5.75. The fourth-order valence-electron chi connectivity index (χ4n) is 1.55. The minimum absolute atomic E-state index is 0.332. The van der Waals surface area contributed by atoms with Gasteiger partial charge in [0.2, 0.25) is 0 Å². The van der Waals surface area contributed by atoms with Gasteiger partial charge in [-0.3, -0.25) is 14.3 Å². The topological polar surface area (TPSA) is 73.3 Å². The zero-order chi connectivity index (χ0) is 13.7. The smallest absolute Gasteiger partial charge is 0.328 e. The molecule has 0 amide bonds. The number of hydrogen-bond donors (Lipinski definition) is 1. The Hall–Kier alpha value is -2.50. The first-order valence-electron chi connectivity index (χ1n) is 5.75. The molecule has 1 N–H and O–H groups in total. The monoisotopic (exact) mass is 262 g/mol. The lowest BCUT2D eigenvalue weighted by Gasteiger charge is -2.08. The van der Waals surface area contributed by atoms with Crippen molar-refractivity contribution >= 4 is 0 Å². The molecule has 1 heterocycles. The maximum Gasteiger partial charge on any atom is 0.328 e. The van der Waals surface area contributed by atoms with E-state index in [1.165, 1.54) is 16.8 Å². The van der Waals surface area contributed by atoms with Crippen molar-refractivity contribution in [2.75, 3.05) is 13.7 Å². The van der Waals surface area contributed by atoms with Crippen LogP contribution in [-0.2, 0) is 6.54 Å². The van der Waals surface area contributed by atoms with E-state index in [9.17, 15) is 9.59 Å². The van der Waals surface area contributed by atoms with E-state index in [4.69, 9.17) is 9.47 Å². The molecule has 1 aromatic heterocycles. The Morgan fingerprint density at radius 3 is 2.42 bits per heavy atom. The van der Waals surface area contributed by atoms with Gasteiger partial charge in [0.05, 0.1) is 13.7 Å². The fourth-order valence-corrected chi connectivity index (χ4v) is 1.55. The van der Waals surface area contributed by atoms with Gasteiger partial charge in [-0.2, -0.15) is 0 Å². The number of methoxy groups -OCH3 is 1. The minimum Gasteiger partial charge on any atom is -0.497 e. The van der Waals surface area contributed by atoms with Crippen LogP contribution in [-0.4, -0.2) is 23.3 Å². The third kappa shape index (κ3) is 3.48. The SMILES string of the molecule is COc1ccc(OCCn2ccc(=O)[nH]c2=O)cc1. The maximum absolute atomic E-state index is 11.4. The van der Waals surface area contributed by atoms with Gasteiger partial charge in [0.1, 0.15) is 18.1 Å². The van der Waals surface area contributed by atoms with Gasteiger partial charge >= 0.3 is 5.69 Å². The molecule has 0 aliphatic rings. The molecule has 0 spiro atoms. The second-order valence-corrected chi connectivity index (χ2v) is 3.83. The average Bonchev–Trinajstić information content (AvgIpc) is 2.42. The van der Waals surface area contributed by atoms with Gasteiger partial charge in [-0.1, -0.05) is 0 Å². The van der Waals surface area contributed by atoms with E-state index >= 15 is 0 Å². The van der Waals surface area contributed by atoms with E-state index in [0.717, 1.165) is 5.75 Å². The Balaban J connectivity index is 1.92. The van der Waals surface area contributed by atoms with Gasteiger partial charge < -0.3 is 9.47 Å². The molecule has 6 heteroatoms. The zero-order valence-corrected chi connectivity index (χ0v) is 10.5. The number of aromatic nitrogens is 2. The molecule has 0 saturated carbocycles. The molecular weight excluding hydrogens is 248 g/mol. The number of benzene rings is 1. The lowest BCUT2D eigenvalue weighted by atomic mass is 10.3. The summed E-state index contributed by atoms with van der Waals surface area (Å²) in [5, 5.41) is 0. The van der Waals surface area contributed by atoms with Gasteiger partial charge in [0, 0.05) is 12.3 Å². The normalized spacial score (nSPS) is 10.2. The summed E-state index contributed by atoms with van der Waals surface area (Å²) in [7, 11) is 1.60. The van der Waals surface area contributed by atoms with E-state index in [1.54, 1.807) is 31.4 Å². The molecule has 0 radical (unpaired) electrons. The number of ether oxygens (including phenoxy) is 2. The molecule has 0 aliphatic carbocycles. The van der Waals surface area contributed by atoms with E-state index in [2.05, 4.69) is 4.98 Å². The Morgan fingerprint density at radius 2 is 1.79 bits per heavy atom. The number of nitrogens with zero attached hydrogens (tertiary/aromatic N) is 1. The Labute approximate surface area is 109 Å². The molecule has 2 aromatic rings. The van der Waals surface area contributed by atoms with Crippen molar-refractivity contribution in [3.05, 3.63) is 57.4 Å². The zero-order valence-electron chi connectivity index (χ0n) is 10.5. The molecule has 6 nitrogen and oxygen atoms in total. The highest BCUT2D eigenvalue weighted by molar-refractivity contribution is 5.31. The van der Waals surface area contributed by atoms with Crippen molar-refractivity contribution in [2.45, 2.75) is 6.54 Å². The highest BCUT2D eigenvalue weighted by Gasteiger charge is 1.98.